The van der Waals surface area contributed by atoms with Crippen LogP contribution in [0.3, 0.4) is 0 Å². The second-order valence-corrected chi connectivity index (χ2v) is 6.65. The summed E-state index contributed by atoms with van der Waals surface area (Å²) in [5.74, 6) is -1.33. The van der Waals surface area contributed by atoms with Crippen molar-refractivity contribution in [3.63, 3.8) is 0 Å². The van der Waals surface area contributed by atoms with Gasteiger partial charge in [-0.05, 0) is 12.8 Å². The minimum absolute atomic E-state index is 0.0873. The van der Waals surface area contributed by atoms with Crippen molar-refractivity contribution in [3.05, 3.63) is 17.6 Å². The highest BCUT2D eigenvalue weighted by Gasteiger charge is 2.28. The molecule has 1 atom stereocenters. The number of carboxylic acids is 1. The normalized spacial score (nSPS) is 13.7. The van der Waals surface area contributed by atoms with Gasteiger partial charge in [-0.25, -0.2) is 17.5 Å². The molecule has 1 aromatic heterocycles. The third-order valence-corrected chi connectivity index (χ3v) is 4.97. The lowest BCUT2D eigenvalue weighted by Gasteiger charge is -2.19. The molecule has 1 heterocycles. The fourth-order valence-corrected chi connectivity index (χ4v) is 3.11. The number of nitrogens with zero attached hydrogens (tertiary/aromatic N) is 1. The van der Waals surface area contributed by atoms with Gasteiger partial charge in [0.05, 0.1) is 0 Å². The van der Waals surface area contributed by atoms with Gasteiger partial charge < -0.3 is 9.52 Å². The van der Waals surface area contributed by atoms with E-state index in [-0.39, 0.29) is 22.3 Å². The van der Waals surface area contributed by atoms with Crippen LogP contribution in [0.1, 0.15) is 36.6 Å². The van der Waals surface area contributed by atoms with Gasteiger partial charge in [0.2, 0.25) is 15.8 Å². The first-order chi connectivity index (χ1) is 8.70. The number of sulfonamides is 1. The molecule has 0 aliphatic heterocycles. The van der Waals surface area contributed by atoms with Gasteiger partial charge in [-0.2, -0.15) is 0 Å². The molecule has 1 aromatic rings. The molecule has 19 heavy (non-hydrogen) atoms. The number of carbonyl (C=O) groups is 1. The average molecular weight is 289 g/mol. The predicted molar refractivity (Wildman–Crippen MR) is 69.7 cm³/mol. The third kappa shape index (κ3) is 3.36. The topological polar surface area (TPSA) is 87.8 Å². The Balaban J connectivity index is 3.09. The van der Waals surface area contributed by atoms with E-state index in [2.05, 4.69) is 0 Å². The number of hydrogen-bond donors (Lipinski definition) is 1. The van der Waals surface area contributed by atoms with Gasteiger partial charge in [0.15, 0.2) is 0 Å². The monoisotopic (exact) mass is 289 g/mol. The molecule has 1 rings (SSSR count). The van der Waals surface area contributed by atoms with Gasteiger partial charge in [0.25, 0.3) is 0 Å². The molecule has 1 unspecified atom stereocenters. The predicted octanol–water partition coefficient (Wildman–Crippen LogP) is 1.95. The molecule has 0 saturated carbocycles. The summed E-state index contributed by atoms with van der Waals surface area (Å²) in [7, 11) is -2.23. The summed E-state index contributed by atoms with van der Waals surface area (Å²) in [6.07, 6.45) is 0.866. The first-order valence-corrected chi connectivity index (χ1v) is 7.44. The maximum atomic E-state index is 12.3. The minimum Gasteiger partial charge on any atom is -0.475 e. The molecule has 0 bridgehead atoms. The highest BCUT2D eigenvalue weighted by atomic mass is 32.2. The first kappa shape index (κ1) is 15.7. The molecule has 0 aromatic carbocycles. The molecule has 0 radical (unpaired) electrons. The number of aryl methyl sites for hydroxylation is 1. The van der Waals surface area contributed by atoms with Crippen LogP contribution in [0.2, 0.25) is 0 Å². The number of furan rings is 1. The van der Waals surface area contributed by atoms with Crippen LogP contribution in [-0.4, -0.2) is 37.4 Å². The minimum atomic E-state index is -3.71. The van der Waals surface area contributed by atoms with Crippen molar-refractivity contribution in [1.82, 2.24) is 4.31 Å². The van der Waals surface area contributed by atoms with E-state index in [1.54, 1.807) is 0 Å². The molecule has 6 nitrogen and oxygen atoms in total. The fourth-order valence-electron chi connectivity index (χ4n) is 1.66. The van der Waals surface area contributed by atoms with E-state index in [0.29, 0.717) is 6.54 Å². The van der Waals surface area contributed by atoms with Crippen molar-refractivity contribution in [2.75, 3.05) is 13.6 Å². The highest BCUT2D eigenvalue weighted by Crippen LogP contribution is 2.23. The van der Waals surface area contributed by atoms with Crippen LogP contribution < -0.4 is 0 Å². The number of hydrogen-bond acceptors (Lipinski definition) is 4. The Hall–Kier alpha value is -1.34. The van der Waals surface area contributed by atoms with Gasteiger partial charge in [-0.1, -0.05) is 20.3 Å². The van der Waals surface area contributed by atoms with Gasteiger partial charge >= 0.3 is 5.97 Å². The quantitative estimate of drug-likeness (QED) is 0.864. The zero-order chi connectivity index (χ0) is 14.8. The first-order valence-electron chi connectivity index (χ1n) is 6.00. The Kier molecular flexibility index (Phi) is 4.75. The Morgan fingerprint density at radius 2 is 2.11 bits per heavy atom. The van der Waals surface area contributed by atoms with Crippen molar-refractivity contribution < 1.29 is 22.7 Å². The van der Waals surface area contributed by atoms with Crippen LogP contribution in [0.15, 0.2) is 15.4 Å². The van der Waals surface area contributed by atoms with E-state index in [0.717, 1.165) is 12.5 Å². The standard InChI is InChI=1S/C12H19NO5S/c1-5-8(2)7-13(4)19(16,17)11-6-10(12(14)15)18-9(11)3/h6,8H,5,7H2,1-4H3,(H,14,15). The van der Waals surface area contributed by atoms with Crippen LogP contribution in [0.25, 0.3) is 0 Å². The Morgan fingerprint density at radius 3 is 2.53 bits per heavy atom. The van der Waals surface area contributed by atoms with Crippen LogP contribution in [0.5, 0.6) is 0 Å². The lowest BCUT2D eigenvalue weighted by molar-refractivity contribution is 0.0661. The van der Waals surface area contributed by atoms with E-state index < -0.39 is 16.0 Å². The number of carboxylic acid groups (broad SMARTS) is 1. The smallest absolute Gasteiger partial charge is 0.371 e. The van der Waals surface area contributed by atoms with E-state index >= 15 is 0 Å². The Labute approximate surface area is 113 Å². The molecule has 0 aliphatic rings. The van der Waals surface area contributed by atoms with E-state index in [4.69, 9.17) is 9.52 Å². The van der Waals surface area contributed by atoms with Crippen LogP contribution in [-0.2, 0) is 10.0 Å². The van der Waals surface area contributed by atoms with Gasteiger partial charge in [0, 0.05) is 19.7 Å². The molecule has 108 valence electrons. The second kappa shape index (κ2) is 5.75. The van der Waals surface area contributed by atoms with Crippen molar-refractivity contribution in [1.29, 1.82) is 0 Å². The molecule has 0 amide bonds. The maximum Gasteiger partial charge on any atom is 0.371 e. The molecule has 0 fully saturated rings. The SMILES string of the molecule is CCC(C)CN(C)S(=O)(=O)c1cc(C(=O)O)oc1C. The molecular formula is C12H19NO5S. The largest absolute Gasteiger partial charge is 0.475 e. The summed E-state index contributed by atoms with van der Waals surface area (Å²) in [6.45, 7) is 5.76. The summed E-state index contributed by atoms with van der Waals surface area (Å²) < 4.78 is 30.8. The van der Waals surface area contributed by atoms with Crippen molar-refractivity contribution in [2.45, 2.75) is 32.1 Å². The summed E-state index contributed by atoms with van der Waals surface area (Å²) >= 11 is 0. The lowest BCUT2D eigenvalue weighted by Crippen LogP contribution is -2.31. The van der Waals surface area contributed by atoms with Crippen molar-refractivity contribution in [2.24, 2.45) is 5.92 Å². The third-order valence-electron chi connectivity index (χ3n) is 3.04. The Bertz CT molecular complexity index is 561. The number of aromatic carboxylic acids is 1. The second-order valence-electron chi connectivity index (χ2n) is 4.64. The molecule has 0 aliphatic carbocycles. The van der Waals surface area contributed by atoms with Crippen LogP contribution >= 0.6 is 0 Å². The van der Waals surface area contributed by atoms with E-state index in [9.17, 15) is 13.2 Å². The lowest BCUT2D eigenvalue weighted by atomic mass is 10.1. The van der Waals surface area contributed by atoms with Crippen LogP contribution in [0.4, 0.5) is 0 Å². The molecule has 1 N–H and O–H groups in total. The summed E-state index contributed by atoms with van der Waals surface area (Å²) in [5, 5.41) is 8.81. The summed E-state index contributed by atoms with van der Waals surface area (Å²) in [6, 6.07) is 1.06. The van der Waals surface area contributed by atoms with E-state index in [1.807, 2.05) is 13.8 Å². The van der Waals surface area contributed by atoms with E-state index in [1.165, 1.54) is 18.3 Å². The summed E-state index contributed by atoms with van der Waals surface area (Å²) in [5.41, 5.74) is 0. The van der Waals surface area contributed by atoms with Crippen molar-refractivity contribution >= 4 is 16.0 Å². The Morgan fingerprint density at radius 1 is 1.53 bits per heavy atom. The van der Waals surface area contributed by atoms with Gasteiger partial charge in [0.1, 0.15) is 10.7 Å². The zero-order valence-electron chi connectivity index (χ0n) is 11.5. The van der Waals surface area contributed by atoms with Gasteiger partial charge in [-0.15, -0.1) is 0 Å². The van der Waals surface area contributed by atoms with Gasteiger partial charge in [-0.3, -0.25) is 0 Å². The zero-order valence-corrected chi connectivity index (χ0v) is 12.3. The summed E-state index contributed by atoms with van der Waals surface area (Å²) in [4.78, 5) is 10.7. The van der Waals surface area contributed by atoms with Crippen LogP contribution in [0, 0.1) is 12.8 Å². The highest BCUT2D eigenvalue weighted by molar-refractivity contribution is 7.89. The average Bonchev–Trinajstić information content (AvgIpc) is 2.71. The molecular weight excluding hydrogens is 270 g/mol. The molecule has 0 saturated heterocycles. The van der Waals surface area contributed by atoms with Crippen molar-refractivity contribution in [3.8, 4) is 0 Å². The molecule has 7 heteroatoms. The maximum absolute atomic E-state index is 12.3. The fraction of sp³-hybridized carbons (Fsp3) is 0.583. The molecule has 0 spiro atoms. The number of rotatable bonds is 6.